The van der Waals surface area contributed by atoms with Crippen molar-refractivity contribution in [2.24, 2.45) is 5.92 Å². The van der Waals surface area contributed by atoms with E-state index in [0.29, 0.717) is 26.3 Å². The maximum Gasteiger partial charge on any atom is 0.410 e. The number of aliphatic hydroxyl groups excluding tert-OH is 1. The van der Waals surface area contributed by atoms with Gasteiger partial charge in [0.2, 0.25) is 0 Å². The molecule has 2 atom stereocenters. The number of carbonyl (C=O) groups excluding carboxylic acids is 1. The Morgan fingerprint density at radius 3 is 2.72 bits per heavy atom. The minimum absolute atomic E-state index is 0.0871. The molecule has 0 bridgehead atoms. The Bertz CT molecular complexity index is 275. The molecule has 0 aromatic carbocycles. The molecule has 5 nitrogen and oxygen atoms in total. The third-order valence-corrected chi connectivity index (χ3v) is 2.91. The Labute approximate surface area is 109 Å². The Morgan fingerprint density at radius 1 is 1.50 bits per heavy atom. The van der Waals surface area contributed by atoms with Crippen LogP contribution in [0.15, 0.2) is 0 Å². The minimum atomic E-state index is -0.502. The van der Waals surface area contributed by atoms with Crippen LogP contribution < -0.4 is 0 Å². The second-order valence-electron chi connectivity index (χ2n) is 5.70. The van der Waals surface area contributed by atoms with Gasteiger partial charge >= 0.3 is 6.09 Å². The highest BCUT2D eigenvalue weighted by Crippen LogP contribution is 2.22. The molecule has 1 heterocycles. The maximum absolute atomic E-state index is 11.8. The summed E-state index contributed by atoms with van der Waals surface area (Å²) in [4.78, 5) is 13.5. The summed E-state index contributed by atoms with van der Waals surface area (Å²) < 4.78 is 10.5. The molecule has 1 N–H and O–H groups in total. The number of likely N-dealkylation sites (tertiary alicyclic amines) is 1. The van der Waals surface area contributed by atoms with E-state index in [1.807, 2.05) is 27.7 Å². The van der Waals surface area contributed by atoms with Crippen LogP contribution in [0.1, 0.15) is 34.1 Å². The lowest BCUT2D eigenvalue weighted by molar-refractivity contribution is 0.00671. The van der Waals surface area contributed by atoms with Gasteiger partial charge in [0.15, 0.2) is 0 Å². The van der Waals surface area contributed by atoms with Crippen LogP contribution in [0.4, 0.5) is 4.79 Å². The molecule has 5 heteroatoms. The van der Waals surface area contributed by atoms with E-state index in [4.69, 9.17) is 9.47 Å². The van der Waals surface area contributed by atoms with Gasteiger partial charge in [-0.15, -0.1) is 0 Å². The Kier molecular flexibility index (Phi) is 5.41. The van der Waals surface area contributed by atoms with Crippen LogP contribution in [-0.4, -0.2) is 54.1 Å². The van der Waals surface area contributed by atoms with Crippen molar-refractivity contribution in [2.75, 3.05) is 26.3 Å². The fourth-order valence-corrected chi connectivity index (χ4v) is 1.97. The summed E-state index contributed by atoms with van der Waals surface area (Å²) in [5.74, 6) is 0.0871. The van der Waals surface area contributed by atoms with E-state index in [1.54, 1.807) is 4.90 Å². The van der Waals surface area contributed by atoms with Gasteiger partial charge in [0.05, 0.1) is 12.7 Å². The van der Waals surface area contributed by atoms with Gasteiger partial charge in [-0.1, -0.05) is 0 Å². The zero-order valence-corrected chi connectivity index (χ0v) is 11.8. The highest BCUT2D eigenvalue weighted by atomic mass is 16.6. The molecule has 18 heavy (non-hydrogen) atoms. The van der Waals surface area contributed by atoms with Gasteiger partial charge in [0, 0.05) is 25.6 Å². The lowest BCUT2D eigenvalue weighted by Crippen LogP contribution is -2.36. The van der Waals surface area contributed by atoms with Gasteiger partial charge < -0.3 is 19.5 Å². The van der Waals surface area contributed by atoms with E-state index in [1.165, 1.54) is 0 Å². The van der Waals surface area contributed by atoms with Gasteiger partial charge in [0.1, 0.15) is 5.60 Å². The molecule has 0 aromatic rings. The first-order chi connectivity index (χ1) is 8.33. The minimum Gasteiger partial charge on any atom is -0.444 e. The fourth-order valence-electron chi connectivity index (χ4n) is 1.97. The number of nitrogens with zero attached hydrogens (tertiary/aromatic N) is 1. The van der Waals surface area contributed by atoms with E-state index >= 15 is 0 Å². The predicted molar refractivity (Wildman–Crippen MR) is 68.4 cm³/mol. The van der Waals surface area contributed by atoms with Crippen LogP contribution in [0, 0.1) is 5.92 Å². The van der Waals surface area contributed by atoms with Crippen LogP contribution >= 0.6 is 0 Å². The average molecular weight is 259 g/mol. The van der Waals surface area contributed by atoms with Crippen molar-refractivity contribution in [1.82, 2.24) is 4.90 Å². The molecular formula is C13H25NO4. The molecule has 0 aliphatic carbocycles. The fraction of sp³-hybridized carbons (Fsp3) is 0.923. The largest absolute Gasteiger partial charge is 0.444 e. The molecule has 1 saturated heterocycles. The average Bonchev–Trinajstić information content (AvgIpc) is 2.72. The van der Waals surface area contributed by atoms with Crippen LogP contribution in [0.2, 0.25) is 0 Å². The summed E-state index contributed by atoms with van der Waals surface area (Å²) in [7, 11) is 0. The molecule has 1 amide bonds. The predicted octanol–water partition coefficient (Wildman–Crippen LogP) is 1.64. The molecule has 1 unspecified atom stereocenters. The number of amides is 1. The Hall–Kier alpha value is -0.810. The van der Waals surface area contributed by atoms with E-state index in [2.05, 4.69) is 0 Å². The quantitative estimate of drug-likeness (QED) is 0.834. The number of ether oxygens (including phenoxy) is 2. The smallest absolute Gasteiger partial charge is 0.410 e. The van der Waals surface area contributed by atoms with Gasteiger partial charge in [-0.25, -0.2) is 4.79 Å². The number of carbonyl (C=O) groups is 1. The first-order valence-electron chi connectivity index (χ1n) is 6.57. The second kappa shape index (κ2) is 6.38. The molecule has 0 saturated carbocycles. The lowest BCUT2D eigenvalue weighted by atomic mass is 10.0. The van der Waals surface area contributed by atoms with Crippen molar-refractivity contribution in [3.63, 3.8) is 0 Å². The van der Waals surface area contributed by atoms with Gasteiger partial charge in [0.25, 0.3) is 0 Å². The highest BCUT2D eigenvalue weighted by molar-refractivity contribution is 5.68. The second-order valence-corrected chi connectivity index (χ2v) is 5.70. The number of rotatable bonds is 4. The van der Waals surface area contributed by atoms with Crippen LogP contribution in [0.25, 0.3) is 0 Å². The molecule has 0 aromatic heterocycles. The number of hydrogen-bond donors (Lipinski definition) is 1. The summed E-state index contributed by atoms with van der Waals surface area (Å²) in [5, 5.41) is 9.91. The van der Waals surface area contributed by atoms with Crippen molar-refractivity contribution in [1.29, 1.82) is 0 Å². The van der Waals surface area contributed by atoms with Gasteiger partial charge in [-0.2, -0.15) is 0 Å². The standard InChI is InChI=1S/C13H25NO4/c1-5-17-9-11(15)10-6-7-14(8-10)12(16)18-13(2,3)4/h10-11,15H,5-9H2,1-4H3/t10?,11-/m0/s1. The maximum atomic E-state index is 11.8. The molecule has 1 aliphatic rings. The van der Waals surface area contributed by atoms with Crippen LogP contribution in [-0.2, 0) is 9.47 Å². The molecule has 1 rings (SSSR count). The SMILES string of the molecule is CCOC[C@H](O)C1CCN(C(=O)OC(C)(C)C)C1. The number of hydrogen-bond acceptors (Lipinski definition) is 4. The van der Waals surface area contributed by atoms with E-state index < -0.39 is 11.7 Å². The monoisotopic (exact) mass is 259 g/mol. The molecule has 106 valence electrons. The highest BCUT2D eigenvalue weighted by Gasteiger charge is 2.33. The first-order valence-corrected chi connectivity index (χ1v) is 6.57. The zero-order valence-electron chi connectivity index (χ0n) is 11.8. The van der Waals surface area contributed by atoms with Crippen molar-refractivity contribution in [3.05, 3.63) is 0 Å². The van der Waals surface area contributed by atoms with E-state index in [-0.39, 0.29) is 12.0 Å². The van der Waals surface area contributed by atoms with Crippen molar-refractivity contribution in [3.8, 4) is 0 Å². The molecular weight excluding hydrogens is 234 g/mol. The van der Waals surface area contributed by atoms with Crippen LogP contribution in [0.5, 0.6) is 0 Å². The van der Waals surface area contributed by atoms with Gasteiger partial charge in [-0.3, -0.25) is 0 Å². The Morgan fingerprint density at radius 2 is 2.17 bits per heavy atom. The summed E-state index contributed by atoms with van der Waals surface area (Å²) in [6, 6.07) is 0. The van der Waals surface area contributed by atoms with Gasteiger partial charge in [-0.05, 0) is 34.1 Å². The van der Waals surface area contributed by atoms with Crippen molar-refractivity contribution >= 4 is 6.09 Å². The topological polar surface area (TPSA) is 59.0 Å². The normalized spacial score (nSPS) is 22.1. The summed E-state index contributed by atoms with van der Waals surface area (Å²) >= 11 is 0. The molecule has 0 spiro atoms. The summed E-state index contributed by atoms with van der Waals surface area (Å²) in [5.41, 5.74) is -0.473. The van der Waals surface area contributed by atoms with E-state index in [9.17, 15) is 9.90 Å². The first kappa shape index (κ1) is 15.2. The molecule has 1 aliphatic heterocycles. The third-order valence-electron chi connectivity index (χ3n) is 2.91. The van der Waals surface area contributed by atoms with Crippen LogP contribution in [0.3, 0.4) is 0 Å². The zero-order chi connectivity index (χ0) is 13.8. The summed E-state index contributed by atoms with van der Waals surface area (Å²) in [6.07, 6.45) is -0.000912. The third kappa shape index (κ3) is 4.82. The van der Waals surface area contributed by atoms with Crippen molar-refractivity contribution < 1.29 is 19.4 Å². The summed E-state index contributed by atoms with van der Waals surface area (Å²) in [6.45, 7) is 9.57. The van der Waals surface area contributed by atoms with Crippen molar-refractivity contribution in [2.45, 2.75) is 45.8 Å². The van der Waals surface area contributed by atoms with E-state index in [0.717, 1.165) is 6.42 Å². The Balaban J connectivity index is 2.38. The number of aliphatic hydroxyl groups is 1. The molecule has 0 radical (unpaired) electrons. The lowest BCUT2D eigenvalue weighted by Gasteiger charge is -2.25. The molecule has 1 fully saturated rings.